The summed E-state index contributed by atoms with van der Waals surface area (Å²) in [6, 6.07) is 10.8. The average Bonchev–Trinajstić information content (AvgIpc) is 3.24. The monoisotopic (exact) mass is 447 g/mol. The van der Waals surface area contributed by atoms with Crippen LogP contribution < -0.4 is 30.7 Å². The quantitative estimate of drug-likeness (QED) is 0.487. The maximum Gasteiger partial charge on any atom is 0.229 e. The normalized spacial score (nSPS) is 15.2. The Hall–Kier alpha value is -4.26. The number of benzene rings is 2. The number of hydrogen-bond donors (Lipinski definition) is 3. The zero-order valence-corrected chi connectivity index (χ0v) is 18.7. The van der Waals surface area contributed by atoms with Gasteiger partial charge in [0.15, 0.2) is 11.5 Å². The highest BCUT2D eigenvalue weighted by Crippen LogP contribution is 2.37. The van der Waals surface area contributed by atoms with Crippen molar-refractivity contribution in [1.29, 1.82) is 5.26 Å². The second-order valence-corrected chi connectivity index (χ2v) is 7.81. The smallest absolute Gasteiger partial charge is 0.229 e. The van der Waals surface area contributed by atoms with E-state index in [1.54, 1.807) is 38.5 Å². The average molecular weight is 447 g/mol. The van der Waals surface area contributed by atoms with Gasteiger partial charge in [-0.1, -0.05) is 0 Å². The Balaban J connectivity index is 1.79. The summed E-state index contributed by atoms with van der Waals surface area (Å²) in [5.74, 6) is 2.12. The Morgan fingerprint density at radius 1 is 1.18 bits per heavy atom. The summed E-state index contributed by atoms with van der Waals surface area (Å²) in [7, 11) is 3.15. The van der Waals surface area contributed by atoms with Crippen LogP contribution in [0.4, 0.5) is 23.1 Å². The van der Waals surface area contributed by atoms with Gasteiger partial charge in [0, 0.05) is 48.9 Å². The van der Waals surface area contributed by atoms with Crippen LogP contribution in [0.15, 0.2) is 30.3 Å². The number of anilines is 4. The lowest BCUT2D eigenvalue weighted by atomic mass is 10.2. The molecular weight excluding hydrogens is 422 g/mol. The lowest BCUT2D eigenvalue weighted by Gasteiger charge is -2.21. The molecule has 2 aromatic carbocycles. The van der Waals surface area contributed by atoms with Gasteiger partial charge in [-0.3, -0.25) is 4.79 Å². The summed E-state index contributed by atoms with van der Waals surface area (Å²) in [4.78, 5) is 23.1. The Morgan fingerprint density at radius 3 is 2.64 bits per heavy atom. The molecule has 33 heavy (non-hydrogen) atoms. The number of fused-ring (bicyclic) bond motifs is 1. The number of rotatable bonds is 6. The summed E-state index contributed by atoms with van der Waals surface area (Å²) < 4.78 is 10.9. The molecular formula is C23H25N7O3. The fourth-order valence-corrected chi connectivity index (χ4v) is 4.01. The van der Waals surface area contributed by atoms with Crippen LogP contribution in [0.2, 0.25) is 0 Å². The number of nitrogens with two attached hydrogens (primary N) is 1. The van der Waals surface area contributed by atoms with E-state index in [0.717, 1.165) is 18.4 Å². The Labute approximate surface area is 191 Å². The third-order valence-electron chi connectivity index (χ3n) is 5.42. The minimum absolute atomic E-state index is 0.0381. The van der Waals surface area contributed by atoms with Crippen molar-refractivity contribution in [3.8, 4) is 17.6 Å². The standard InChI is InChI=1S/C23H25N7O3/c1-13(31)26-16-4-5-30(12-16)22-18-9-20(32-2)21(33-3)10-19(18)28-23(29-22)27-17-7-14(11-24)6-15(25)8-17/h6-10,16H,4-5,12,25H2,1-3H3,(H,26,31)(H,27,28,29)/t16-/m0/s1. The molecule has 1 saturated heterocycles. The predicted molar refractivity (Wildman–Crippen MR) is 126 cm³/mol. The van der Waals surface area contributed by atoms with E-state index in [1.807, 2.05) is 6.07 Å². The largest absolute Gasteiger partial charge is 0.493 e. The minimum Gasteiger partial charge on any atom is -0.493 e. The summed E-state index contributed by atoms with van der Waals surface area (Å²) in [5, 5.41) is 16.2. The summed E-state index contributed by atoms with van der Waals surface area (Å²) in [6.45, 7) is 2.86. The van der Waals surface area contributed by atoms with Crippen molar-refractivity contribution in [2.45, 2.75) is 19.4 Å². The summed E-state index contributed by atoms with van der Waals surface area (Å²) in [5.41, 5.74) is 8.09. The second kappa shape index (κ2) is 9.08. The number of nitrogens with zero attached hydrogens (tertiary/aromatic N) is 4. The van der Waals surface area contributed by atoms with Crippen LogP contribution in [0.25, 0.3) is 10.9 Å². The van der Waals surface area contributed by atoms with Gasteiger partial charge in [0.25, 0.3) is 0 Å². The van der Waals surface area contributed by atoms with Crippen LogP contribution in [0.5, 0.6) is 11.5 Å². The van der Waals surface area contributed by atoms with Crippen molar-refractivity contribution in [3.05, 3.63) is 35.9 Å². The lowest BCUT2D eigenvalue weighted by molar-refractivity contribution is -0.119. The zero-order valence-electron chi connectivity index (χ0n) is 18.7. The van der Waals surface area contributed by atoms with Crippen LogP contribution in [0.1, 0.15) is 18.9 Å². The molecule has 3 aromatic rings. The van der Waals surface area contributed by atoms with Crippen LogP contribution >= 0.6 is 0 Å². The molecule has 0 radical (unpaired) electrons. The second-order valence-electron chi connectivity index (χ2n) is 7.81. The molecule has 10 heteroatoms. The number of amides is 1. The number of aromatic nitrogens is 2. The van der Waals surface area contributed by atoms with Gasteiger partial charge in [0.05, 0.1) is 31.4 Å². The Kier molecular flexibility index (Phi) is 6.04. The molecule has 1 aliphatic rings. The van der Waals surface area contributed by atoms with Gasteiger partial charge in [0.1, 0.15) is 5.82 Å². The summed E-state index contributed by atoms with van der Waals surface area (Å²) in [6.07, 6.45) is 0.807. The fourth-order valence-electron chi connectivity index (χ4n) is 4.01. The minimum atomic E-state index is -0.0573. The molecule has 170 valence electrons. The maximum absolute atomic E-state index is 11.5. The van der Waals surface area contributed by atoms with E-state index in [0.29, 0.717) is 52.3 Å². The van der Waals surface area contributed by atoms with E-state index in [2.05, 4.69) is 26.6 Å². The SMILES string of the molecule is COc1cc2nc(Nc3cc(N)cc(C#N)c3)nc(N3CC[C@H](NC(C)=O)C3)c2cc1OC. The van der Waals surface area contributed by atoms with Gasteiger partial charge >= 0.3 is 0 Å². The molecule has 1 aliphatic heterocycles. The number of nitrogen functional groups attached to an aromatic ring is 1. The predicted octanol–water partition coefficient (Wildman–Crippen LogP) is 2.56. The first-order valence-corrected chi connectivity index (χ1v) is 10.4. The molecule has 4 rings (SSSR count). The van der Waals surface area contributed by atoms with Crippen molar-refractivity contribution in [2.75, 3.05) is 43.3 Å². The van der Waals surface area contributed by atoms with Gasteiger partial charge in [0.2, 0.25) is 11.9 Å². The number of carbonyl (C=O) groups is 1. The van der Waals surface area contributed by atoms with E-state index in [9.17, 15) is 10.1 Å². The van der Waals surface area contributed by atoms with Crippen molar-refractivity contribution < 1.29 is 14.3 Å². The molecule has 2 heterocycles. The Morgan fingerprint density at radius 2 is 1.94 bits per heavy atom. The topological polar surface area (TPSA) is 138 Å². The van der Waals surface area contributed by atoms with Crippen molar-refractivity contribution in [3.63, 3.8) is 0 Å². The van der Waals surface area contributed by atoms with Gasteiger partial charge in [-0.15, -0.1) is 0 Å². The fraction of sp³-hybridized carbons (Fsp3) is 0.304. The number of ether oxygens (including phenoxy) is 2. The number of nitrogens with one attached hydrogen (secondary N) is 2. The third-order valence-corrected chi connectivity index (χ3v) is 5.42. The van der Waals surface area contributed by atoms with E-state index >= 15 is 0 Å². The van der Waals surface area contributed by atoms with Crippen LogP contribution in [0.3, 0.4) is 0 Å². The van der Waals surface area contributed by atoms with Crippen LogP contribution in [-0.4, -0.2) is 49.2 Å². The molecule has 0 spiro atoms. The number of carbonyl (C=O) groups excluding carboxylic acids is 1. The van der Waals surface area contributed by atoms with Gasteiger partial charge < -0.3 is 30.7 Å². The number of nitriles is 1. The van der Waals surface area contributed by atoms with Gasteiger partial charge in [-0.2, -0.15) is 10.2 Å². The first-order chi connectivity index (χ1) is 15.9. The molecule has 1 fully saturated rings. The van der Waals surface area contributed by atoms with Crippen molar-refractivity contribution in [1.82, 2.24) is 15.3 Å². The zero-order chi connectivity index (χ0) is 23.5. The van der Waals surface area contributed by atoms with Crippen molar-refractivity contribution in [2.24, 2.45) is 0 Å². The molecule has 0 aliphatic carbocycles. The highest BCUT2D eigenvalue weighted by Gasteiger charge is 2.27. The van der Waals surface area contributed by atoms with Gasteiger partial charge in [-0.25, -0.2) is 4.98 Å². The summed E-state index contributed by atoms with van der Waals surface area (Å²) >= 11 is 0. The van der Waals surface area contributed by atoms with Crippen molar-refractivity contribution >= 4 is 40.0 Å². The molecule has 0 unspecified atom stereocenters. The van der Waals surface area contributed by atoms with Crippen LogP contribution in [0, 0.1) is 11.3 Å². The molecule has 10 nitrogen and oxygen atoms in total. The van der Waals surface area contributed by atoms with E-state index in [1.165, 1.54) is 6.92 Å². The molecule has 1 amide bonds. The number of hydrogen-bond acceptors (Lipinski definition) is 9. The van der Waals surface area contributed by atoms with E-state index < -0.39 is 0 Å². The Bertz CT molecular complexity index is 1260. The molecule has 0 bridgehead atoms. The third kappa shape index (κ3) is 4.67. The molecule has 1 aromatic heterocycles. The first kappa shape index (κ1) is 22.0. The highest BCUT2D eigenvalue weighted by molar-refractivity contribution is 5.93. The van der Waals surface area contributed by atoms with E-state index in [4.69, 9.17) is 20.2 Å². The number of methoxy groups -OCH3 is 2. The lowest BCUT2D eigenvalue weighted by Crippen LogP contribution is -2.35. The molecule has 0 saturated carbocycles. The molecule has 4 N–H and O–H groups in total. The van der Waals surface area contributed by atoms with Crippen LogP contribution in [-0.2, 0) is 4.79 Å². The van der Waals surface area contributed by atoms with Gasteiger partial charge in [-0.05, 0) is 30.7 Å². The van der Waals surface area contributed by atoms with E-state index in [-0.39, 0.29) is 11.9 Å². The highest BCUT2D eigenvalue weighted by atomic mass is 16.5. The molecule has 1 atom stereocenters. The maximum atomic E-state index is 11.5. The first-order valence-electron chi connectivity index (χ1n) is 10.4.